The number of carboxylic acids is 1. The largest absolute Gasteiger partial charge is 0.478 e. The molecule has 0 spiro atoms. The second-order valence-electron chi connectivity index (χ2n) is 4.41. The molecule has 0 saturated carbocycles. The van der Waals surface area contributed by atoms with Crippen LogP contribution >= 0.6 is 0 Å². The molecule has 0 aliphatic carbocycles. The van der Waals surface area contributed by atoms with Crippen LogP contribution in [0.2, 0.25) is 0 Å². The third kappa shape index (κ3) is 3.18. The van der Waals surface area contributed by atoms with Crippen molar-refractivity contribution in [2.75, 3.05) is 7.05 Å². The quantitative estimate of drug-likeness (QED) is 0.539. The zero-order valence-electron chi connectivity index (χ0n) is 11.0. The van der Waals surface area contributed by atoms with Crippen molar-refractivity contribution in [3.63, 3.8) is 0 Å². The monoisotopic (exact) mass is 268 g/mol. The van der Waals surface area contributed by atoms with Crippen molar-refractivity contribution in [2.24, 2.45) is 0 Å². The van der Waals surface area contributed by atoms with Gasteiger partial charge in [-0.25, -0.2) is 4.79 Å². The summed E-state index contributed by atoms with van der Waals surface area (Å²) in [6.07, 6.45) is 0.404. The minimum absolute atomic E-state index is 0.0415. The van der Waals surface area contributed by atoms with E-state index in [1.807, 2.05) is 0 Å². The van der Waals surface area contributed by atoms with Gasteiger partial charge in [-0.15, -0.1) is 0 Å². The number of hydrogen-bond donors (Lipinski definition) is 2. The van der Waals surface area contributed by atoms with Gasteiger partial charge in [0.05, 0.1) is 0 Å². The van der Waals surface area contributed by atoms with E-state index < -0.39 is 23.8 Å². The molecular weight excluding hydrogens is 252 g/mol. The van der Waals surface area contributed by atoms with E-state index in [-0.39, 0.29) is 29.9 Å². The summed E-state index contributed by atoms with van der Waals surface area (Å²) in [4.78, 5) is 46.5. The molecule has 1 saturated heterocycles. The van der Waals surface area contributed by atoms with Crippen LogP contribution in [0.25, 0.3) is 0 Å². The van der Waals surface area contributed by atoms with Crippen molar-refractivity contribution in [2.45, 2.75) is 32.7 Å². The highest BCUT2D eigenvalue weighted by Crippen LogP contribution is 2.12. The first-order chi connectivity index (χ1) is 8.75. The summed E-state index contributed by atoms with van der Waals surface area (Å²) >= 11 is 0. The maximum Gasteiger partial charge on any atom is 0.331 e. The molecule has 0 bridgehead atoms. The highest BCUT2D eigenvalue weighted by atomic mass is 16.4. The Morgan fingerprint density at radius 3 is 2.37 bits per heavy atom. The number of carbonyl (C=O) groups excluding carboxylic acids is 3. The minimum Gasteiger partial charge on any atom is -0.478 e. The third-order valence-electron chi connectivity index (χ3n) is 3.18. The number of carboxylic acid groups (broad SMARTS) is 1. The fourth-order valence-electron chi connectivity index (χ4n) is 1.65. The van der Waals surface area contributed by atoms with Crippen LogP contribution in [0.5, 0.6) is 0 Å². The number of likely N-dealkylation sites (tertiary alicyclic amines) is 1. The van der Waals surface area contributed by atoms with Gasteiger partial charge in [-0.1, -0.05) is 0 Å². The van der Waals surface area contributed by atoms with Crippen LogP contribution in [0, 0.1) is 0 Å². The number of nitrogens with zero attached hydrogens (tertiary/aromatic N) is 1. The summed E-state index contributed by atoms with van der Waals surface area (Å²) in [6, 6.07) is -0.785. The van der Waals surface area contributed by atoms with Crippen LogP contribution in [0.3, 0.4) is 0 Å². The number of amides is 3. The van der Waals surface area contributed by atoms with E-state index in [9.17, 15) is 19.2 Å². The van der Waals surface area contributed by atoms with Gasteiger partial charge in [0.25, 0.3) is 5.91 Å². The summed E-state index contributed by atoms with van der Waals surface area (Å²) < 4.78 is 0. The number of aliphatic carboxylic acids is 1. The molecule has 7 heteroatoms. The highest BCUT2D eigenvalue weighted by Gasteiger charge is 2.33. The zero-order chi connectivity index (χ0) is 14.7. The maximum absolute atomic E-state index is 11.8. The summed E-state index contributed by atoms with van der Waals surface area (Å²) in [5.41, 5.74) is -0.0370. The molecule has 1 rings (SSSR count). The summed E-state index contributed by atoms with van der Waals surface area (Å²) in [6.45, 7) is 2.69. The summed E-state index contributed by atoms with van der Waals surface area (Å²) in [5.74, 6) is -2.56. The second kappa shape index (κ2) is 5.64. The molecule has 104 valence electrons. The van der Waals surface area contributed by atoms with Crippen molar-refractivity contribution in [3.05, 3.63) is 11.1 Å². The van der Waals surface area contributed by atoms with Gasteiger partial charge in [0.15, 0.2) is 0 Å². The zero-order valence-corrected chi connectivity index (χ0v) is 11.0. The van der Waals surface area contributed by atoms with Gasteiger partial charge < -0.3 is 10.4 Å². The smallest absolute Gasteiger partial charge is 0.331 e. The topological polar surface area (TPSA) is 104 Å². The van der Waals surface area contributed by atoms with Crippen LogP contribution in [-0.4, -0.2) is 46.8 Å². The molecule has 3 amide bonds. The number of likely N-dealkylation sites (N-methyl/N-ethyl adjacent to an activating group) is 1. The second-order valence-corrected chi connectivity index (χ2v) is 4.41. The Balaban J connectivity index is 2.78. The molecule has 19 heavy (non-hydrogen) atoms. The normalized spacial score (nSPS) is 21.0. The van der Waals surface area contributed by atoms with Crippen LogP contribution in [0.15, 0.2) is 11.1 Å². The van der Waals surface area contributed by atoms with Crippen LogP contribution < -0.4 is 5.32 Å². The number of carbonyl (C=O) groups is 4. The first-order valence-corrected chi connectivity index (χ1v) is 5.77. The van der Waals surface area contributed by atoms with Gasteiger partial charge in [0, 0.05) is 24.6 Å². The number of nitrogens with one attached hydrogen (secondary N) is 1. The molecule has 0 radical (unpaired) electrons. The van der Waals surface area contributed by atoms with Crippen LogP contribution in [0.1, 0.15) is 26.7 Å². The number of imide groups is 1. The van der Waals surface area contributed by atoms with Crippen molar-refractivity contribution in [3.8, 4) is 0 Å². The predicted octanol–water partition coefficient (Wildman–Crippen LogP) is -0.329. The van der Waals surface area contributed by atoms with E-state index in [1.165, 1.54) is 20.9 Å². The van der Waals surface area contributed by atoms with Crippen molar-refractivity contribution < 1.29 is 24.3 Å². The average Bonchev–Trinajstić information content (AvgIpc) is 2.37. The first-order valence-electron chi connectivity index (χ1n) is 5.77. The van der Waals surface area contributed by atoms with Gasteiger partial charge in [-0.3, -0.25) is 19.3 Å². The molecule has 7 nitrogen and oxygen atoms in total. The maximum atomic E-state index is 11.8. The van der Waals surface area contributed by atoms with Crippen molar-refractivity contribution >= 4 is 23.7 Å². The van der Waals surface area contributed by atoms with E-state index in [4.69, 9.17) is 5.11 Å². The lowest BCUT2D eigenvalue weighted by molar-refractivity contribution is -0.149. The fourth-order valence-corrected chi connectivity index (χ4v) is 1.65. The molecule has 0 aromatic carbocycles. The Kier molecular flexibility index (Phi) is 4.42. The average molecular weight is 268 g/mol. The Bertz CT molecular complexity index is 481. The molecule has 1 atom stereocenters. The summed E-state index contributed by atoms with van der Waals surface area (Å²) in [5, 5.41) is 11.2. The molecule has 1 fully saturated rings. The molecular formula is C12H16N2O5. The Labute approximate surface area is 110 Å². The van der Waals surface area contributed by atoms with Crippen LogP contribution in [-0.2, 0) is 19.2 Å². The van der Waals surface area contributed by atoms with Gasteiger partial charge >= 0.3 is 5.97 Å². The van der Waals surface area contributed by atoms with E-state index >= 15 is 0 Å². The molecule has 1 aliphatic rings. The SMILES string of the molecule is CC(C(=O)O)=C(C)C(=O)NC1CCC(=O)N(C)C1=O. The fraction of sp³-hybridized carbons (Fsp3) is 0.500. The molecule has 2 N–H and O–H groups in total. The molecule has 1 aliphatic heterocycles. The number of hydrogen-bond acceptors (Lipinski definition) is 4. The molecule has 1 heterocycles. The lowest BCUT2D eigenvalue weighted by atomic mass is 10.0. The lowest BCUT2D eigenvalue weighted by Gasteiger charge is -2.28. The van der Waals surface area contributed by atoms with Crippen LogP contribution in [0.4, 0.5) is 0 Å². The van der Waals surface area contributed by atoms with E-state index in [1.54, 1.807) is 0 Å². The predicted molar refractivity (Wildman–Crippen MR) is 65.0 cm³/mol. The number of piperidine rings is 1. The van der Waals surface area contributed by atoms with E-state index in [0.29, 0.717) is 0 Å². The molecule has 0 aromatic rings. The van der Waals surface area contributed by atoms with Crippen molar-refractivity contribution in [1.82, 2.24) is 10.2 Å². The minimum atomic E-state index is -1.19. The first kappa shape index (κ1) is 14.9. The summed E-state index contributed by atoms with van der Waals surface area (Å²) in [7, 11) is 1.36. The highest BCUT2D eigenvalue weighted by molar-refractivity contribution is 6.05. The Morgan fingerprint density at radius 2 is 1.84 bits per heavy atom. The lowest BCUT2D eigenvalue weighted by Crippen LogP contribution is -2.53. The number of rotatable bonds is 3. The van der Waals surface area contributed by atoms with Gasteiger partial charge in [0.1, 0.15) is 6.04 Å². The molecule has 0 aromatic heterocycles. The van der Waals surface area contributed by atoms with Crippen molar-refractivity contribution in [1.29, 1.82) is 0 Å². The third-order valence-corrected chi connectivity index (χ3v) is 3.18. The van der Waals surface area contributed by atoms with Gasteiger partial charge in [-0.2, -0.15) is 0 Å². The molecule has 1 unspecified atom stereocenters. The standard InChI is InChI=1S/C12H16N2O5/c1-6(7(2)12(18)19)10(16)13-8-4-5-9(15)14(3)11(8)17/h8H,4-5H2,1-3H3,(H,13,16)(H,18,19). The van der Waals surface area contributed by atoms with Gasteiger partial charge in [0.2, 0.25) is 11.8 Å². The van der Waals surface area contributed by atoms with Gasteiger partial charge in [-0.05, 0) is 20.3 Å². The van der Waals surface area contributed by atoms with E-state index in [2.05, 4.69) is 5.32 Å². The Morgan fingerprint density at radius 1 is 1.26 bits per heavy atom. The van der Waals surface area contributed by atoms with E-state index in [0.717, 1.165) is 4.90 Å². The Hall–Kier alpha value is -2.18.